The van der Waals surface area contributed by atoms with Crippen LogP contribution >= 0.6 is 27.5 Å². The molecule has 1 aromatic carbocycles. The molecule has 1 aromatic rings. The van der Waals surface area contributed by atoms with Gasteiger partial charge in [-0.25, -0.2) is 0 Å². The molecule has 0 saturated carbocycles. The van der Waals surface area contributed by atoms with Crippen molar-refractivity contribution < 1.29 is 17.9 Å². The Morgan fingerprint density at radius 3 is 2.47 bits per heavy atom. The van der Waals surface area contributed by atoms with Gasteiger partial charge in [0.1, 0.15) is 5.75 Å². The van der Waals surface area contributed by atoms with Gasteiger partial charge in [-0.3, -0.25) is 0 Å². The Hall–Kier alpha value is -0.420. The van der Waals surface area contributed by atoms with Crippen LogP contribution in [-0.2, 0) is 0 Å². The summed E-state index contributed by atoms with van der Waals surface area (Å²) in [7, 11) is 1.30. The topological polar surface area (TPSA) is 9.23 Å². The summed E-state index contributed by atoms with van der Waals surface area (Å²) >= 11 is 8.39. The van der Waals surface area contributed by atoms with Gasteiger partial charge < -0.3 is 4.74 Å². The Kier molecular flexibility index (Phi) is 3.89. The molecule has 6 heteroatoms. The summed E-state index contributed by atoms with van der Waals surface area (Å²) < 4.78 is 42.5. The third-order valence-corrected chi connectivity index (χ3v) is 2.73. The second kappa shape index (κ2) is 4.61. The smallest absolute Gasteiger partial charge is 0.409 e. The summed E-state index contributed by atoms with van der Waals surface area (Å²) in [6.07, 6.45) is -4.49. The first-order valence-corrected chi connectivity index (χ1v) is 5.13. The fourth-order valence-corrected chi connectivity index (χ4v) is 1.63. The predicted octanol–water partition coefficient (Wildman–Crippen LogP) is 4.30. The molecule has 0 radical (unpaired) electrons. The van der Waals surface area contributed by atoms with Crippen molar-refractivity contribution in [1.29, 1.82) is 0 Å². The molecule has 0 aliphatic heterocycles. The van der Waals surface area contributed by atoms with Crippen molar-refractivity contribution in [2.75, 3.05) is 7.11 Å². The van der Waals surface area contributed by atoms with Crippen LogP contribution in [0.25, 0.3) is 0 Å². The van der Waals surface area contributed by atoms with E-state index in [9.17, 15) is 13.2 Å². The highest BCUT2D eigenvalue weighted by molar-refractivity contribution is 9.10. The van der Waals surface area contributed by atoms with Gasteiger partial charge in [0.2, 0.25) is 0 Å². The monoisotopic (exact) mass is 302 g/mol. The highest BCUT2D eigenvalue weighted by atomic mass is 79.9. The molecule has 0 aliphatic carbocycles. The van der Waals surface area contributed by atoms with E-state index >= 15 is 0 Å². The first-order chi connectivity index (χ1) is 6.86. The summed E-state index contributed by atoms with van der Waals surface area (Å²) in [6, 6.07) is 4.31. The standard InChI is InChI=1S/C9H7BrClF3O/c1-15-7-3-2-5(10)4-6(7)8(11)9(12,13)14/h2-4,8H,1H3. The first kappa shape index (κ1) is 12.6. The summed E-state index contributed by atoms with van der Waals surface area (Å²) in [4.78, 5) is 0. The molecule has 1 nitrogen and oxygen atoms in total. The van der Waals surface area contributed by atoms with Crippen LogP contribution in [0.3, 0.4) is 0 Å². The van der Waals surface area contributed by atoms with Gasteiger partial charge in [-0.2, -0.15) is 13.2 Å². The van der Waals surface area contributed by atoms with Crippen molar-refractivity contribution in [2.24, 2.45) is 0 Å². The van der Waals surface area contributed by atoms with E-state index in [1.165, 1.54) is 19.2 Å². The van der Waals surface area contributed by atoms with Gasteiger partial charge in [-0.15, -0.1) is 11.6 Å². The van der Waals surface area contributed by atoms with Gasteiger partial charge in [-0.1, -0.05) is 15.9 Å². The number of hydrogen-bond acceptors (Lipinski definition) is 1. The Morgan fingerprint density at radius 1 is 1.40 bits per heavy atom. The summed E-state index contributed by atoms with van der Waals surface area (Å²) in [6.45, 7) is 0. The molecule has 0 fully saturated rings. The van der Waals surface area contributed by atoms with E-state index in [1.807, 2.05) is 0 Å². The molecule has 1 unspecified atom stereocenters. The van der Waals surface area contributed by atoms with E-state index in [4.69, 9.17) is 16.3 Å². The minimum Gasteiger partial charge on any atom is -0.496 e. The second-order valence-electron chi connectivity index (χ2n) is 2.79. The molecule has 0 bridgehead atoms. The molecule has 84 valence electrons. The maximum absolute atomic E-state index is 12.4. The third-order valence-electron chi connectivity index (χ3n) is 1.75. The van der Waals surface area contributed by atoms with Gasteiger partial charge >= 0.3 is 6.18 Å². The van der Waals surface area contributed by atoms with Crippen molar-refractivity contribution in [3.8, 4) is 5.75 Å². The summed E-state index contributed by atoms with van der Waals surface area (Å²) in [5, 5.41) is -2.06. The van der Waals surface area contributed by atoms with Gasteiger partial charge in [0, 0.05) is 10.0 Å². The average Bonchev–Trinajstić information content (AvgIpc) is 2.15. The number of rotatable bonds is 2. The van der Waals surface area contributed by atoms with E-state index < -0.39 is 11.6 Å². The van der Waals surface area contributed by atoms with E-state index in [0.717, 1.165) is 0 Å². The molecule has 0 N–H and O–H groups in total. The molecule has 1 atom stereocenters. The van der Waals surface area contributed by atoms with Crippen LogP contribution < -0.4 is 4.74 Å². The second-order valence-corrected chi connectivity index (χ2v) is 4.14. The van der Waals surface area contributed by atoms with Crippen LogP contribution in [0.1, 0.15) is 10.9 Å². The van der Waals surface area contributed by atoms with Crippen molar-refractivity contribution in [3.05, 3.63) is 28.2 Å². The third kappa shape index (κ3) is 3.01. The first-order valence-electron chi connectivity index (χ1n) is 3.90. The zero-order valence-corrected chi connectivity index (χ0v) is 9.95. The van der Waals surface area contributed by atoms with Crippen molar-refractivity contribution in [3.63, 3.8) is 0 Å². The fourth-order valence-electron chi connectivity index (χ4n) is 1.08. The molecule has 15 heavy (non-hydrogen) atoms. The van der Waals surface area contributed by atoms with Crippen LogP contribution in [0.2, 0.25) is 0 Å². The molecule has 1 rings (SSSR count). The van der Waals surface area contributed by atoms with Gasteiger partial charge in [-0.05, 0) is 18.2 Å². The van der Waals surface area contributed by atoms with Crippen molar-refractivity contribution in [1.82, 2.24) is 0 Å². The average molecular weight is 304 g/mol. The number of methoxy groups -OCH3 is 1. The van der Waals surface area contributed by atoms with Crippen molar-refractivity contribution >= 4 is 27.5 Å². The van der Waals surface area contributed by atoms with E-state index in [2.05, 4.69) is 15.9 Å². The Morgan fingerprint density at radius 2 is 2.00 bits per heavy atom. The Labute approximate surface area is 98.3 Å². The largest absolute Gasteiger partial charge is 0.496 e. The number of hydrogen-bond donors (Lipinski definition) is 0. The highest BCUT2D eigenvalue weighted by Gasteiger charge is 2.40. The maximum atomic E-state index is 12.4. The molecule has 0 heterocycles. The van der Waals surface area contributed by atoms with Gasteiger partial charge in [0.25, 0.3) is 0 Å². The van der Waals surface area contributed by atoms with E-state index in [1.54, 1.807) is 6.07 Å². The number of ether oxygens (including phenoxy) is 1. The zero-order chi connectivity index (χ0) is 11.6. The molecular formula is C9H7BrClF3O. The quantitative estimate of drug-likeness (QED) is 0.740. The molecule has 0 aliphatic rings. The summed E-state index contributed by atoms with van der Waals surface area (Å²) in [5.41, 5.74) is -0.0963. The highest BCUT2D eigenvalue weighted by Crippen LogP contribution is 2.42. The lowest BCUT2D eigenvalue weighted by molar-refractivity contribution is -0.132. The maximum Gasteiger partial charge on any atom is 0.409 e. The zero-order valence-electron chi connectivity index (χ0n) is 7.61. The normalized spacial score (nSPS) is 13.7. The minimum atomic E-state index is -4.49. The number of alkyl halides is 4. The van der Waals surface area contributed by atoms with E-state index in [-0.39, 0.29) is 11.3 Å². The lowest BCUT2D eigenvalue weighted by atomic mass is 10.1. The number of benzene rings is 1. The fraction of sp³-hybridized carbons (Fsp3) is 0.333. The molecule has 0 spiro atoms. The van der Waals surface area contributed by atoms with E-state index in [0.29, 0.717) is 4.47 Å². The van der Waals surface area contributed by atoms with Crippen LogP contribution in [0.15, 0.2) is 22.7 Å². The molecular weight excluding hydrogens is 296 g/mol. The van der Waals surface area contributed by atoms with Crippen LogP contribution in [0.5, 0.6) is 5.75 Å². The SMILES string of the molecule is COc1ccc(Br)cc1C(Cl)C(F)(F)F. The van der Waals surface area contributed by atoms with Crippen LogP contribution in [0, 0.1) is 0 Å². The Balaban J connectivity index is 3.17. The van der Waals surface area contributed by atoms with Crippen molar-refractivity contribution in [2.45, 2.75) is 11.6 Å². The molecule has 0 amide bonds. The van der Waals surface area contributed by atoms with Crippen LogP contribution in [0.4, 0.5) is 13.2 Å². The molecule has 0 aromatic heterocycles. The molecule has 0 saturated heterocycles. The predicted molar refractivity (Wildman–Crippen MR) is 55.3 cm³/mol. The lowest BCUT2D eigenvalue weighted by Crippen LogP contribution is -2.16. The summed E-state index contributed by atoms with van der Waals surface area (Å²) in [5.74, 6) is 0.121. The lowest BCUT2D eigenvalue weighted by Gasteiger charge is -2.16. The Bertz CT molecular complexity index is 354. The number of halogens is 5. The van der Waals surface area contributed by atoms with Gasteiger partial charge in [0.15, 0.2) is 5.38 Å². The minimum absolute atomic E-state index is 0.0963. The van der Waals surface area contributed by atoms with Gasteiger partial charge in [0.05, 0.1) is 7.11 Å². The van der Waals surface area contributed by atoms with Crippen LogP contribution in [-0.4, -0.2) is 13.3 Å².